The number of amides is 3. The maximum absolute atomic E-state index is 12.7. The van der Waals surface area contributed by atoms with Gasteiger partial charge >= 0.3 is 6.03 Å². The zero-order valence-electron chi connectivity index (χ0n) is 15.3. The van der Waals surface area contributed by atoms with Crippen molar-refractivity contribution in [1.82, 2.24) is 5.32 Å². The molecule has 2 aromatic carbocycles. The Bertz CT molecular complexity index is 808. The molecule has 0 radical (unpaired) electrons. The number of carbonyl (C=O) groups excluding carboxylic acids is 2. The van der Waals surface area contributed by atoms with Gasteiger partial charge in [0, 0.05) is 17.4 Å². The second-order valence-corrected chi connectivity index (χ2v) is 6.53. The molecule has 3 amide bonds. The summed E-state index contributed by atoms with van der Waals surface area (Å²) in [6, 6.07) is 13.2. The van der Waals surface area contributed by atoms with E-state index in [1.165, 1.54) is 0 Å². The number of para-hydroxylation sites is 1. The maximum atomic E-state index is 12.7. The minimum absolute atomic E-state index is 0.0938. The maximum Gasteiger partial charge on any atom is 0.319 e. The highest BCUT2D eigenvalue weighted by molar-refractivity contribution is 5.99. The van der Waals surface area contributed by atoms with Crippen LogP contribution in [-0.2, 0) is 4.79 Å². The summed E-state index contributed by atoms with van der Waals surface area (Å²) in [5.74, 6) is 0.851. The lowest BCUT2D eigenvalue weighted by Gasteiger charge is -2.23. The summed E-state index contributed by atoms with van der Waals surface area (Å²) in [6.45, 7) is 4.72. The van der Waals surface area contributed by atoms with Gasteiger partial charge < -0.3 is 25.4 Å². The van der Waals surface area contributed by atoms with Gasteiger partial charge in [-0.05, 0) is 30.2 Å². The lowest BCUT2D eigenvalue weighted by Crippen LogP contribution is -2.48. The van der Waals surface area contributed by atoms with Crippen LogP contribution in [0.1, 0.15) is 13.8 Å². The Kier molecular flexibility index (Phi) is 5.80. The molecular weight excluding hydrogens is 346 g/mol. The van der Waals surface area contributed by atoms with Crippen molar-refractivity contribution in [2.45, 2.75) is 19.9 Å². The molecule has 1 aliphatic rings. The summed E-state index contributed by atoms with van der Waals surface area (Å²) in [6.07, 6.45) is 0. The van der Waals surface area contributed by atoms with Gasteiger partial charge in [-0.25, -0.2) is 4.79 Å². The molecule has 27 heavy (non-hydrogen) atoms. The third kappa shape index (κ3) is 4.91. The monoisotopic (exact) mass is 369 g/mol. The van der Waals surface area contributed by atoms with Gasteiger partial charge in [-0.15, -0.1) is 0 Å². The number of rotatable bonds is 5. The van der Waals surface area contributed by atoms with Crippen LogP contribution >= 0.6 is 0 Å². The van der Waals surface area contributed by atoms with Crippen LogP contribution in [0.15, 0.2) is 48.5 Å². The molecule has 0 saturated carbocycles. The molecule has 0 aliphatic carbocycles. The molecule has 1 heterocycles. The molecular formula is C20H23N3O4. The predicted molar refractivity (Wildman–Crippen MR) is 103 cm³/mol. The Labute approximate surface area is 158 Å². The third-order valence-corrected chi connectivity index (χ3v) is 4.08. The van der Waals surface area contributed by atoms with Crippen molar-refractivity contribution in [3.63, 3.8) is 0 Å². The molecule has 1 atom stereocenters. The highest BCUT2D eigenvalue weighted by Gasteiger charge is 2.25. The average molecular weight is 369 g/mol. The standard InChI is InChI=1S/C20H23N3O4/c1-13(2)18(23-20(25)22-14-6-4-3-5-7-14)19(24)21-15-8-9-16-17(12-15)27-11-10-26-16/h3-9,12-13,18H,10-11H2,1-2H3,(H,21,24)(H2,22,23,25)/t18-/m0/s1. The Balaban J connectivity index is 1.64. The van der Waals surface area contributed by atoms with E-state index < -0.39 is 12.1 Å². The first-order chi connectivity index (χ1) is 13.0. The van der Waals surface area contributed by atoms with E-state index in [9.17, 15) is 9.59 Å². The van der Waals surface area contributed by atoms with Crippen molar-refractivity contribution < 1.29 is 19.1 Å². The molecule has 0 fully saturated rings. The normalized spacial score (nSPS) is 13.6. The summed E-state index contributed by atoms with van der Waals surface area (Å²) in [7, 11) is 0. The zero-order valence-corrected chi connectivity index (χ0v) is 15.3. The summed E-state index contributed by atoms with van der Waals surface area (Å²) in [5.41, 5.74) is 1.24. The van der Waals surface area contributed by atoms with E-state index in [0.717, 1.165) is 0 Å². The van der Waals surface area contributed by atoms with E-state index in [0.29, 0.717) is 36.1 Å². The molecule has 0 saturated heterocycles. The van der Waals surface area contributed by atoms with Gasteiger partial charge in [-0.3, -0.25) is 4.79 Å². The fourth-order valence-electron chi connectivity index (χ4n) is 2.71. The predicted octanol–water partition coefficient (Wildman–Crippen LogP) is 3.24. The molecule has 3 N–H and O–H groups in total. The highest BCUT2D eigenvalue weighted by atomic mass is 16.6. The van der Waals surface area contributed by atoms with Gasteiger partial charge in [0.15, 0.2) is 11.5 Å². The van der Waals surface area contributed by atoms with E-state index in [2.05, 4.69) is 16.0 Å². The fourth-order valence-corrected chi connectivity index (χ4v) is 2.71. The number of anilines is 2. The van der Waals surface area contributed by atoms with Crippen molar-refractivity contribution in [1.29, 1.82) is 0 Å². The SMILES string of the molecule is CC(C)[C@H](NC(=O)Nc1ccccc1)C(=O)Nc1ccc2c(c1)OCCO2. The summed E-state index contributed by atoms with van der Waals surface area (Å²) in [5, 5.41) is 8.28. The van der Waals surface area contributed by atoms with E-state index >= 15 is 0 Å². The second-order valence-electron chi connectivity index (χ2n) is 6.53. The number of benzene rings is 2. The Hall–Kier alpha value is -3.22. The summed E-state index contributed by atoms with van der Waals surface area (Å²) >= 11 is 0. The van der Waals surface area contributed by atoms with E-state index in [-0.39, 0.29) is 11.8 Å². The van der Waals surface area contributed by atoms with Crippen LogP contribution in [0, 0.1) is 5.92 Å². The lowest BCUT2D eigenvalue weighted by atomic mass is 10.0. The van der Waals surface area contributed by atoms with Gasteiger partial charge in [0.1, 0.15) is 19.3 Å². The van der Waals surface area contributed by atoms with Crippen molar-refractivity contribution in [3.8, 4) is 11.5 Å². The molecule has 0 unspecified atom stereocenters. The van der Waals surface area contributed by atoms with Crippen LogP contribution in [0.25, 0.3) is 0 Å². The Morgan fingerprint density at radius 3 is 2.30 bits per heavy atom. The first kappa shape index (κ1) is 18.6. The van der Waals surface area contributed by atoms with E-state index in [1.54, 1.807) is 30.3 Å². The highest BCUT2D eigenvalue weighted by Crippen LogP contribution is 2.32. The minimum atomic E-state index is -0.693. The van der Waals surface area contributed by atoms with Crippen LogP contribution in [0.4, 0.5) is 16.2 Å². The number of urea groups is 1. The number of hydrogen-bond acceptors (Lipinski definition) is 4. The van der Waals surface area contributed by atoms with Crippen LogP contribution < -0.4 is 25.4 Å². The van der Waals surface area contributed by atoms with E-state index in [1.807, 2.05) is 32.0 Å². The molecule has 7 heteroatoms. The molecule has 0 spiro atoms. The Morgan fingerprint density at radius 1 is 0.889 bits per heavy atom. The van der Waals surface area contributed by atoms with Gasteiger partial charge in [0.05, 0.1) is 0 Å². The number of fused-ring (bicyclic) bond motifs is 1. The quantitative estimate of drug-likeness (QED) is 0.755. The molecule has 2 aromatic rings. The largest absolute Gasteiger partial charge is 0.486 e. The van der Waals surface area contributed by atoms with E-state index in [4.69, 9.17) is 9.47 Å². The average Bonchev–Trinajstić information content (AvgIpc) is 2.66. The van der Waals surface area contributed by atoms with Crippen LogP contribution in [0.3, 0.4) is 0 Å². The van der Waals surface area contributed by atoms with Crippen LogP contribution in [0.5, 0.6) is 11.5 Å². The topological polar surface area (TPSA) is 88.7 Å². The smallest absolute Gasteiger partial charge is 0.319 e. The number of nitrogens with one attached hydrogen (secondary N) is 3. The van der Waals surface area contributed by atoms with Gasteiger partial charge in [0.25, 0.3) is 0 Å². The van der Waals surface area contributed by atoms with Crippen LogP contribution in [0.2, 0.25) is 0 Å². The number of hydrogen-bond donors (Lipinski definition) is 3. The Morgan fingerprint density at radius 2 is 1.59 bits per heavy atom. The summed E-state index contributed by atoms with van der Waals surface area (Å²) < 4.78 is 11.0. The van der Waals surface area contributed by atoms with Crippen LogP contribution in [-0.4, -0.2) is 31.2 Å². The van der Waals surface area contributed by atoms with Crippen molar-refractivity contribution in [2.75, 3.05) is 23.8 Å². The van der Waals surface area contributed by atoms with Crippen molar-refractivity contribution >= 4 is 23.3 Å². The molecule has 3 rings (SSSR count). The first-order valence-electron chi connectivity index (χ1n) is 8.86. The molecule has 7 nitrogen and oxygen atoms in total. The fraction of sp³-hybridized carbons (Fsp3) is 0.300. The van der Waals surface area contributed by atoms with Crippen molar-refractivity contribution in [2.24, 2.45) is 5.92 Å². The first-order valence-corrected chi connectivity index (χ1v) is 8.86. The van der Waals surface area contributed by atoms with Crippen molar-refractivity contribution in [3.05, 3.63) is 48.5 Å². The number of ether oxygens (including phenoxy) is 2. The molecule has 142 valence electrons. The third-order valence-electron chi connectivity index (χ3n) is 4.08. The van der Waals surface area contributed by atoms with Gasteiger partial charge in [0.2, 0.25) is 5.91 Å². The zero-order chi connectivity index (χ0) is 19.2. The molecule has 0 aromatic heterocycles. The summed E-state index contributed by atoms with van der Waals surface area (Å²) in [4.78, 5) is 24.9. The molecule has 0 bridgehead atoms. The lowest BCUT2D eigenvalue weighted by molar-refractivity contribution is -0.118. The van der Waals surface area contributed by atoms with Gasteiger partial charge in [-0.1, -0.05) is 32.0 Å². The number of carbonyl (C=O) groups is 2. The minimum Gasteiger partial charge on any atom is -0.486 e. The van der Waals surface area contributed by atoms with Gasteiger partial charge in [-0.2, -0.15) is 0 Å². The molecule has 1 aliphatic heterocycles. The second kappa shape index (κ2) is 8.44.